The fourth-order valence-electron chi connectivity index (χ4n) is 3.28. The second kappa shape index (κ2) is 8.10. The Labute approximate surface area is 150 Å². The number of halogens is 2. The molecule has 1 fully saturated rings. The van der Waals surface area contributed by atoms with Gasteiger partial charge in [0.15, 0.2) is 0 Å². The van der Waals surface area contributed by atoms with Crippen molar-refractivity contribution in [1.29, 1.82) is 0 Å². The van der Waals surface area contributed by atoms with Crippen LogP contribution in [0.1, 0.15) is 23.6 Å². The average Bonchev–Trinajstić information content (AvgIpc) is 2.86. The lowest BCUT2D eigenvalue weighted by Gasteiger charge is -2.32. The van der Waals surface area contributed by atoms with Gasteiger partial charge in [0.25, 0.3) is 0 Å². The molecule has 1 unspecified atom stereocenters. The molecule has 0 aliphatic carbocycles. The molecule has 0 radical (unpaired) electrons. The lowest BCUT2D eigenvalue weighted by Crippen LogP contribution is -2.33. The third kappa shape index (κ3) is 3.97. The minimum absolute atomic E-state index is 0.0398. The molecule has 24 heavy (non-hydrogen) atoms. The highest BCUT2D eigenvalue weighted by Gasteiger charge is 2.26. The van der Waals surface area contributed by atoms with Crippen molar-refractivity contribution < 1.29 is 9.13 Å². The van der Waals surface area contributed by atoms with Gasteiger partial charge in [0.05, 0.1) is 13.2 Å². The first-order chi connectivity index (χ1) is 11.7. The van der Waals surface area contributed by atoms with Gasteiger partial charge in [-0.3, -0.25) is 4.90 Å². The van der Waals surface area contributed by atoms with E-state index in [9.17, 15) is 4.39 Å². The van der Waals surface area contributed by atoms with Gasteiger partial charge in [-0.05, 0) is 48.9 Å². The SMILES string of the molecule is COc1ccc(Br)cc1C(c1ccc(F)cc1)N1CCCNCC1. The van der Waals surface area contributed by atoms with Gasteiger partial charge in [-0.1, -0.05) is 28.1 Å². The van der Waals surface area contributed by atoms with Gasteiger partial charge in [0, 0.05) is 29.7 Å². The molecule has 1 N–H and O–H groups in total. The second-order valence-electron chi connectivity index (χ2n) is 5.98. The topological polar surface area (TPSA) is 24.5 Å². The number of nitrogens with one attached hydrogen (secondary N) is 1. The summed E-state index contributed by atoms with van der Waals surface area (Å²) in [6.45, 7) is 3.92. The molecule has 1 saturated heterocycles. The van der Waals surface area contributed by atoms with Crippen molar-refractivity contribution in [3.05, 3.63) is 63.9 Å². The van der Waals surface area contributed by atoms with Crippen LogP contribution in [0.25, 0.3) is 0 Å². The minimum Gasteiger partial charge on any atom is -0.496 e. The molecule has 128 valence electrons. The van der Waals surface area contributed by atoms with E-state index in [1.807, 2.05) is 24.3 Å². The van der Waals surface area contributed by atoms with Crippen molar-refractivity contribution in [3.8, 4) is 5.75 Å². The van der Waals surface area contributed by atoms with Crippen LogP contribution in [0.2, 0.25) is 0 Å². The average molecular weight is 393 g/mol. The normalized spacial score (nSPS) is 17.3. The molecule has 1 atom stereocenters. The molecule has 0 spiro atoms. The maximum absolute atomic E-state index is 13.4. The number of hydrogen-bond acceptors (Lipinski definition) is 3. The number of ether oxygens (including phenoxy) is 1. The summed E-state index contributed by atoms with van der Waals surface area (Å²) in [5.41, 5.74) is 2.18. The maximum Gasteiger partial charge on any atom is 0.124 e. The summed E-state index contributed by atoms with van der Waals surface area (Å²) >= 11 is 3.57. The monoisotopic (exact) mass is 392 g/mol. The van der Waals surface area contributed by atoms with E-state index in [2.05, 4.69) is 32.2 Å². The number of rotatable bonds is 4. The summed E-state index contributed by atoms with van der Waals surface area (Å²) in [5.74, 6) is 0.640. The van der Waals surface area contributed by atoms with Crippen molar-refractivity contribution >= 4 is 15.9 Å². The standard InChI is InChI=1S/C19H22BrFN2O/c1-24-18-8-5-15(20)13-17(18)19(14-3-6-16(21)7-4-14)23-11-2-9-22-10-12-23/h3-8,13,19,22H,2,9-12H2,1H3. The molecule has 0 bridgehead atoms. The number of nitrogens with zero attached hydrogens (tertiary/aromatic N) is 1. The molecule has 5 heteroatoms. The molecule has 1 aliphatic heterocycles. The molecule has 3 nitrogen and oxygen atoms in total. The fraction of sp³-hybridized carbons (Fsp3) is 0.368. The molecular weight excluding hydrogens is 371 g/mol. The van der Waals surface area contributed by atoms with Gasteiger partial charge in [-0.25, -0.2) is 4.39 Å². The Kier molecular flexibility index (Phi) is 5.87. The summed E-state index contributed by atoms with van der Waals surface area (Å²) in [5, 5.41) is 3.44. The molecular formula is C19H22BrFN2O. The predicted molar refractivity (Wildman–Crippen MR) is 98.0 cm³/mol. The van der Waals surface area contributed by atoms with Gasteiger partial charge in [-0.15, -0.1) is 0 Å². The highest BCUT2D eigenvalue weighted by molar-refractivity contribution is 9.10. The molecule has 0 saturated carbocycles. The first kappa shape index (κ1) is 17.4. The van der Waals surface area contributed by atoms with Gasteiger partial charge in [0.1, 0.15) is 11.6 Å². The van der Waals surface area contributed by atoms with E-state index in [-0.39, 0.29) is 11.9 Å². The van der Waals surface area contributed by atoms with E-state index < -0.39 is 0 Å². The lowest BCUT2D eigenvalue weighted by atomic mass is 9.95. The van der Waals surface area contributed by atoms with Crippen LogP contribution in [0.4, 0.5) is 4.39 Å². The third-order valence-corrected chi connectivity index (χ3v) is 4.91. The fourth-order valence-corrected chi connectivity index (χ4v) is 3.65. The van der Waals surface area contributed by atoms with Crippen molar-refractivity contribution in [3.63, 3.8) is 0 Å². The Balaban J connectivity index is 2.07. The number of methoxy groups -OCH3 is 1. The number of benzene rings is 2. The van der Waals surface area contributed by atoms with E-state index in [1.165, 1.54) is 12.1 Å². The Hall–Kier alpha value is -1.43. The highest BCUT2D eigenvalue weighted by atomic mass is 79.9. The van der Waals surface area contributed by atoms with E-state index in [4.69, 9.17) is 4.74 Å². The quantitative estimate of drug-likeness (QED) is 0.851. The third-order valence-electron chi connectivity index (χ3n) is 4.41. The molecule has 1 heterocycles. The number of hydrogen-bond donors (Lipinski definition) is 1. The Bertz CT molecular complexity index is 670. The molecule has 3 rings (SSSR count). The summed E-state index contributed by atoms with van der Waals surface area (Å²) < 4.78 is 20.0. The molecule has 0 aromatic heterocycles. The van der Waals surface area contributed by atoms with Crippen LogP contribution in [0, 0.1) is 5.82 Å². The molecule has 1 aliphatic rings. The molecule has 0 amide bonds. The zero-order valence-electron chi connectivity index (χ0n) is 13.8. The van der Waals surface area contributed by atoms with Crippen molar-refractivity contribution in [2.24, 2.45) is 0 Å². The maximum atomic E-state index is 13.4. The van der Waals surface area contributed by atoms with Crippen LogP contribution in [0.3, 0.4) is 0 Å². The minimum atomic E-state index is -0.212. The highest BCUT2D eigenvalue weighted by Crippen LogP contribution is 2.36. The van der Waals surface area contributed by atoms with E-state index >= 15 is 0 Å². The second-order valence-corrected chi connectivity index (χ2v) is 6.90. The molecule has 2 aromatic carbocycles. The van der Waals surface area contributed by atoms with Gasteiger partial charge in [0.2, 0.25) is 0 Å². The van der Waals surface area contributed by atoms with Crippen molar-refractivity contribution in [2.75, 3.05) is 33.3 Å². The Morgan fingerprint density at radius 3 is 2.67 bits per heavy atom. The van der Waals surface area contributed by atoms with E-state index in [0.717, 1.165) is 53.9 Å². The zero-order valence-corrected chi connectivity index (χ0v) is 15.4. The van der Waals surface area contributed by atoms with Crippen LogP contribution in [0.5, 0.6) is 5.75 Å². The first-order valence-electron chi connectivity index (χ1n) is 8.22. The summed E-state index contributed by atoms with van der Waals surface area (Å²) in [6, 6.07) is 12.9. The van der Waals surface area contributed by atoms with Crippen LogP contribution in [0.15, 0.2) is 46.9 Å². The Morgan fingerprint density at radius 2 is 1.92 bits per heavy atom. The zero-order chi connectivity index (χ0) is 16.9. The van der Waals surface area contributed by atoms with E-state index in [1.54, 1.807) is 7.11 Å². The Morgan fingerprint density at radius 1 is 1.12 bits per heavy atom. The predicted octanol–water partition coefficient (Wildman–Crippen LogP) is 3.98. The van der Waals surface area contributed by atoms with Crippen molar-refractivity contribution in [1.82, 2.24) is 10.2 Å². The van der Waals surface area contributed by atoms with Crippen LogP contribution in [-0.4, -0.2) is 38.2 Å². The van der Waals surface area contributed by atoms with Crippen LogP contribution < -0.4 is 10.1 Å². The van der Waals surface area contributed by atoms with Crippen LogP contribution >= 0.6 is 15.9 Å². The first-order valence-corrected chi connectivity index (χ1v) is 9.02. The molecule has 2 aromatic rings. The van der Waals surface area contributed by atoms with Gasteiger partial charge in [-0.2, -0.15) is 0 Å². The largest absolute Gasteiger partial charge is 0.496 e. The summed E-state index contributed by atoms with van der Waals surface area (Å²) in [7, 11) is 1.69. The van der Waals surface area contributed by atoms with Gasteiger partial charge >= 0.3 is 0 Å². The summed E-state index contributed by atoms with van der Waals surface area (Å²) in [4.78, 5) is 2.44. The smallest absolute Gasteiger partial charge is 0.124 e. The van der Waals surface area contributed by atoms with Gasteiger partial charge < -0.3 is 10.1 Å². The van der Waals surface area contributed by atoms with Crippen LogP contribution in [-0.2, 0) is 0 Å². The lowest BCUT2D eigenvalue weighted by molar-refractivity contribution is 0.236. The van der Waals surface area contributed by atoms with Crippen molar-refractivity contribution in [2.45, 2.75) is 12.5 Å². The summed E-state index contributed by atoms with van der Waals surface area (Å²) in [6.07, 6.45) is 1.09. The van der Waals surface area contributed by atoms with E-state index in [0.29, 0.717) is 0 Å².